The van der Waals surface area contributed by atoms with E-state index < -0.39 is 10.9 Å². The van der Waals surface area contributed by atoms with Crippen molar-refractivity contribution in [1.29, 1.82) is 0 Å². The molecule has 1 N–H and O–H groups in total. The minimum Gasteiger partial charge on any atom is -0.478 e. The Balaban J connectivity index is 1.76. The Morgan fingerprint density at radius 1 is 1.03 bits per heavy atom. The quantitative estimate of drug-likeness (QED) is 0.363. The van der Waals surface area contributed by atoms with Gasteiger partial charge in [-0.25, -0.2) is 9.48 Å². The molecular formula is C23H16N4O4. The first-order chi connectivity index (χ1) is 15.0. The second kappa shape index (κ2) is 8.42. The monoisotopic (exact) mass is 412 g/mol. The van der Waals surface area contributed by atoms with E-state index >= 15 is 0 Å². The van der Waals surface area contributed by atoms with Gasteiger partial charge in [-0.1, -0.05) is 18.2 Å². The number of carbonyl (C=O) groups is 1. The van der Waals surface area contributed by atoms with Gasteiger partial charge in [0.25, 0.3) is 5.69 Å². The zero-order valence-electron chi connectivity index (χ0n) is 16.1. The van der Waals surface area contributed by atoms with Crippen LogP contribution in [-0.4, -0.2) is 30.8 Å². The van der Waals surface area contributed by atoms with E-state index in [0.29, 0.717) is 17.0 Å². The minimum atomic E-state index is -1.03. The van der Waals surface area contributed by atoms with Gasteiger partial charge in [0.05, 0.1) is 27.6 Å². The van der Waals surface area contributed by atoms with Gasteiger partial charge in [0.1, 0.15) is 0 Å². The number of benzene rings is 2. The maximum absolute atomic E-state index is 11.2. The summed E-state index contributed by atoms with van der Waals surface area (Å²) in [4.78, 5) is 25.9. The second-order valence-electron chi connectivity index (χ2n) is 6.63. The SMILES string of the molecule is O=C(O)c1ccnc(/C=C/c2cn(-c3ccccc3)nc2-c2ccc([N+](=O)[O-])cc2)c1. The molecule has 0 fully saturated rings. The van der Waals surface area contributed by atoms with E-state index in [1.165, 1.54) is 30.5 Å². The van der Waals surface area contributed by atoms with Crippen molar-refractivity contribution in [3.05, 3.63) is 106 Å². The normalized spacial score (nSPS) is 11.0. The van der Waals surface area contributed by atoms with Gasteiger partial charge in [-0.15, -0.1) is 0 Å². The number of pyridine rings is 1. The molecule has 4 rings (SSSR count). The molecule has 0 unspecified atom stereocenters. The van der Waals surface area contributed by atoms with Gasteiger partial charge in [-0.3, -0.25) is 15.1 Å². The molecule has 0 saturated carbocycles. The lowest BCUT2D eigenvalue weighted by Crippen LogP contribution is -1.96. The highest BCUT2D eigenvalue weighted by molar-refractivity contribution is 5.88. The summed E-state index contributed by atoms with van der Waals surface area (Å²) in [5, 5.41) is 24.8. The number of carboxylic acids is 1. The Hall–Kier alpha value is -4.59. The van der Waals surface area contributed by atoms with Crippen LogP contribution in [-0.2, 0) is 0 Å². The summed E-state index contributed by atoms with van der Waals surface area (Å²) in [6.45, 7) is 0. The van der Waals surface area contributed by atoms with Crippen molar-refractivity contribution in [2.45, 2.75) is 0 Å². The first-order valence-corrected chi connectivity index (χ1v) is 9.28. The van der Waals surface area contributed by atoms with Crippen LogP contribution in [0.4, 0.5) is 5.69 Å². The van der Waals surface area contributed by atoms with Gasteiger partial charge < -0.3 is 5.11 Å². The Morgan fingerprint density at radius 3 is 2.45 bits per heavy atom. The van der Waals surface area contributed by atoms with E-state index in [4.69, 9.17) is 5.11 Å². The number of aromatic nitrogens is 3. The molecule has 2 aromatic heterocycles. The Bertz CT molecular complexity index is 1280. The molecule has 0 aliphatic carbocycles. The third-order valence-electron chi connectivity index (χ3n) is 4.58. The zero-order chi connectivity index (χ0) is 21.8. The summed E-state index contributed by atoms with van der Waals surface area (Å²) >= 11 is 0. The number of nitro benzene ring substituents is 1. The molecule has 4 aromatic rings. The third-order valence-corrected chi connectivity index (χ3v) is 4.58. The van der Waals surface area contributed by atoms with Crippen molar-refractivity contribution in [3.63, 3.8) is 0 Å². The van der Waals surface area contributed by atoms with Crippen LogP contribution in [0, 0.1) is 10.1 Å². The summed E-state index contributed by atoms with van der Waals surface area (Å²) in [5.74, 6) is -1.03. The van der Waals surface area contributed by atoms with E-state index in [0.717, 1.165) is 11.3 Å². The van der Waals surface area contributed by atoms with Crippen LogP contribution in [0.1, 0.15) is 21.6 Å². The molecule has 2 heterocycles. The molecule has 0 aliphatic rings. The van der Waals surface area contributed by atoms with Crippen molar-refractivity contribution in [2.24, 2.45) is 0 Å². The Kier molecular flexibility index (Phi) is 5.35. The molecule has 0 spiro atoms. The van der Waals surface area contributed by atoms with Crippen LogP contribution >= 0.6 is 0 Å². The molecule has 8 nitrogen and oxygen atoms in total. The van der Waals surface area contributed by atoms with Crippen molar-refractivity contribution >= 4 is 23.8 Å². The minimum absolute atomic E-state index is 0.00183. The number of aromatic carboxylic acids is 1. The highest BCUT2D eigenvalue weighted by Gasteiger charge is 2.13. The lowest BCUT2D eigenvalue weighted by Gasteiger charge is -2.00. The first-order valence-electron chi connectivity index (χ1n) is 9.28. The molecule has 2 aromatic carbocycles. The number of carboxylic acid groups (broad SMARTS) is 1. The molecule has 0 saturated heterocycles. The summed E-state index contributed by atoms with van der Waals surface area (Å²) in [7, 11) is 0. The largest absolute Gasteiger partial charge is 0.478 e. The topological polar surface area (TPSA) is 111 Å². The van der Waals surface area contributed by atoms with Crippen molar-refractivity contribution in [1.82, 2.24) is 14.8 Å². The number of para-hydroxylation sites is 1. The third kappa shape index (κ3) is 4.38. The van der Waals surface area contributed by atoms with Gasteiger partial charge in [-0.05, 0) is 48.6 Å². The lowest BCUT2D eigenvalue weighted by atomic mass is 10.1. The van der Waals surface area contributed by atoms with E-state index in [9.17, 15) is 14.9 Å². The van der Waals surface area contributed by atoms with Gasteiger partial charge in [0.2, 0.25) is 0 Å². The smallest absolute Gasteiger partial charge is 0.335 e. The van der Waals surface area contributed by atoms with E-state index in [1.807, 2.05) is 36.5 Å². The Morgan fingerprint density at radius 2 is 1.77 bits per heavy atom. The van der Waals surface area contributed by atoms with Gasteiger partial charge in [-0.2, -0.15) is 5.10 Å². The van der Waals surface area contributed by atoms with Crippen molar-refractivity contribution in [3.8, 4) is 16.9 Å². The number of hydrogen-bond donors (Lipinski definition) is 1. The highest BCUT2D eigenvalue weighted by Crippen LogP contribution is 2.27. The average Bonchev–Trinajstić information content (AvgIpc) is 3.23. The maximum Gasteiger partial charge on any atom is 0.335 e. The van der Waals surface area contributed by atoms with Crippen LogP contribution in [0.5, 0.6) is 0 Å². The van der Waals surface area contributed by atoms with E-state index in [2.05, 4.69) is 10.1 Å². The standard InChI is InChI=1S/C23H16N4O4/c28-23(29)17-12-13-24-19(14-17)9-6-18-15-26(20-4-2-1-3-5-20)25-22(18)16-7-10-21(11-8-16)27(30)31/h1-15H,(H,28,29)/b9-6+. The van der Waals surface area contributed by atoms with Gasteiger partial charge in [0, 0.05) is 35.7 Å². The summed E-state index contributed by atoms with van der Waals surface area (Å²) in [6, 6.07) is 18.6. The van der Waals surface area contributed by atoms with E-state index in [1.54, 1.807) is 29.0 Å². The molecule has 0 radical (unpaired) electrons. The molecule has 0 bridgehead atoms. The van der Waals surface area contributed by atoms with Crippen molar-refractivity contribution in [2.75, 3.05) is 0 Å². The summed E-state index contributed by atoms with van der Waals surface area (Å²) in [5.41, 5.74) is 3.58. The molecule has 0 aliphatic heterocycles. The van der Waals surface area contributed by atoms with Crippen LogP contribution in [0.3, 0.4) is 0 Å². The zero-order valence-corrected chi connectivity index (χ0v) is 16.1. The maximum atomic E-state index is 11.2. The number of hydrogen-bond acceptors (Lipinski definition) is 5. The molecule has 8 heteroatoms. The lowest BCUT2D eigenvalue weighted by molar-refractivity contribution is -0.384. The number of rotatable bonds is 6. The molecule has 152 valence electrons. The van der Waals surface area contributed by atoms with E-state index in [-0.39, 0.29) is 11.3 Å². The first kappa shape index (κ1) is 19.7. The number of nitrogens with zero attached hydrogens (tertiary/aromatic N) is 4. The molecule has 31 heavy (non-hydrogen) atoms. The fraction of sp³-hybridized carbons (Fsp3) is 0. The summed E-state index contributed by atoms with van der Waals surface area (Å²) in [6.07, 6.45) is 6.77. The van der Waals surface area contributed by atoms with Crippen LogP contribution in [0.25, 0.3) is 29.1 Å². The van der Waals surface area contributed by atoms with Gasteiger partial charge >= 0.3 is 5.97 Å². The fourth-order valence-electron chi connectivity index (χ4n) is 3.04. The van der Waals surface area contributed by atoms with Crippen LogP contribution in [0.2, 0.25) is 0 Å². The molecule has 0 atom stereocenters. The van der Waals surface area contributed by atoms with Crippen molar-refractivity contribution < 1.29 is 14.8 Å². The van der Waals surface area contributed by atoms with Crippen LogP contribution < -0.4 is 0 Å². The van der Waals surface area contributed by atoms with Gasteiger partial charge in [0.15, 0.2) is 0 Å². The number of nitro groups is 1. The number of non-ortho nitro benzene ring substituents is 1. The fourth-order valence-corrected chi connectivity index (χ4v) is 3.04. The predicted octanol–water partition coefficient (Wildman–Crippen LogP) is 4.71. The van der Waals surface area contributed by atoms with Crippen LogP contribution in [0.15, 0.2) is 79.1 Å². The predicted molar refractivity (Wildman–Crippen MR) is 116 cm³/mol. The Labute approximate surface area is 176 Å². The summed E-state index contributed by atoms with van der Waals surface area (Å²) < 4.78 is 1.72. The average molecular weight is 412 g/mol. The molecular weight excluding hydrogens is 396 g/mol. The highest BCUT2D eigenvalue weighted by atomic mass is 16.6. The molecule has 0 amide bonds. The second-order valence-corrected chi connectivity index (χ2v) is 6.63.